The summed E-state index contributed by atoms with van der Waals surface area (Å²) in [5.41, 5.74) is 0. The van der Waals surface area contributed by atoms with Gasteiger partial charge in [0.25, 0.3) is 0 Å². The van der Waals surface area contributed by atoms with Gasteiger partial charge in [-0.2, -0.15) is 0 Å². The van der Waals surface area contributed by atoms with Gasteiger partial charge in [-0.3, -0.25) is 4.90 Å². The fraction of sp³-hybridized carbons (Fsp3) is 1.00. The van der Waals surface area contributed by atoms with Crippen LogP contribution in [0.15, 0.2) is 0 Å². The van der Waals surface area contributed by atoms with Crippen LogP contribution in [0.1, 0.15) is 46.0 Å². The molecule has 0 aromatic rings. The molecule has 0 spiro atoms. The minimum atomic E-state index is 0.0371. The van der Waals surface area contributed by atoms with Crippen molar-refractivity contribution in [2.45, 2.75) is 64.1 Å². The number of hydrogen-bond donors (Lipinski definition) is 1. The molecule has 100 valence electrons. The lowest BCUT2D eigenvalue weighted by molar-refractivity contribution is -0.0962. The zero-order valence-electron chi connectivity index (χ0n) is 11.3. The van der Waals surface area contributed by atoms with Gasteiger partial charge in [0.2, 0.25) is 0 Å². The average Bonchev–Trinajstić information content (AvgIpc) is 2.39. The van der Waals surface area contributed by atoms with Crippen molar-refractivity contribution in [2.24, 2.45) is 5.92 Å². The van der Waals surface area contributed by atoms with E-state index in [1.807, 2.05) is 0 Å². The van der Waals surface area contributed by atoms with Gasteiger partial charge >= 0.3 is 0 Å². The highest BCUT2D eigenvalue weighted by Crippen LogP contribution is 2.31. The third-order valence-electron chi connectivity index (χ3n) is 4.62. The molecule has 2 fully saturated rings. The number of aliphatic hydroxyl groups excluding tert-OH is 1. The fourth-order valence-corrected chi connectivity index (χ4v) is 3.34. The molecule has 0 aromatic carbocycles. The van der Waals surface area contributed by atoms with Crippen LogP contribution in [0.3, 0.4) is 0 Å². The molecule has 0 aromatic heterocycles. The quantitative estimate of drug-likeness (QED) is 0.820. The van der Waals surface area contributed by atoms with Gasteiger partial charge in [-0.25, -0.2) is 0 Å². The van der Waals surface area contributed by atoms with Crippen LogP contribution in [0, 0.1) is 5.92 Å². The Bertz CT molecular complexity index is 226. The summed E-state index contributed by atoms with van der Waals surface area (Å²) in [6.07, 6.45) is 6.81. The zero-order valence-corrected chi connectivity index (χ0v) is 11.3. The van der Waals surface area contributed by atoms with E-state index >= 15 is 0 Å². The van der Waals surface area contributed by atoms with Crippen molar-refractivity contribution < 1.29 is 9.84 Å². The Hall–Kier alpha value is -0.120. The monoisotopic (exact) mass is 241 g/mol. The Kier molecular flexibility index (Phi) is 4.83. The van der Waals surface area contributed by atoms with Crippen LogP contribution >= 0.6 is 0 Å². The van der Waals surface area contributed by atoms with Crippen LogP contribution in [0.2, 0.25) is 0 Å². The van der Waals surface area contributed by atoms with Crippen LogP contribution in [0.25, 0.3) is 0 Å². The minimum absolute atomic E-state index is 0.0371. The summed E-state index contributed by atoms with van der Waals surface area (Å²) in [5.74, 6) is 0.955. The van der Waals surface area contributed by atoms with Crippen LogP contribution in [0.5, 0.6) is 0 Å². The molecule has 1 saturated heterocycles. The minimum Gasteiger partial charge on any atom is -0.394 e. The van der Waals surface area contributed by atoms with Crippen molar-refractivity contribution in [3.63, 3.8) is 0 Å². The summed E-state index contributed by atoms with van der Waals surface area (Å²) in [5, 5.41) is 9.22. The lowest BCUT2D eigenvalue weighted by Crippen LogP contribution is -2.54. The molecule has 1 saturated carbocycles. The van der Waals surface area contributed by atoms with Gasteiger partial charge in [-0.15, -0.1) is 0 Å². The average molecular weight is 241 g/mol. The molecule has 2 aliphatic rings. The van der Waals surface area contributed by atoms with Gasteiger partial charge in [-0.05, 0) is 38.5 Å². The first-order valence-electron chi connectivity index (χ1n) is 7.22. The molecule has 2 rings (SSSR count). The Morgan fingerprint density at radius 2 is 1.94 bits per heavy atom. The van der Waals surface area contributed by atoms with E-state index in [2.05, 4.69) is 18.7 Å². The molecule has 1 N–H and O–H groups in total. The molecular formula is C14H27NO2. The lowest BCUT2D eigenvalue weighted by atomic mass is 9.83. The number of nitrogens with zero attached hydrogens (tertiary/aromatic N) is 1. The largest absolute Gasteiger partial charge is 0.394 e. The number of hydrogen-bond acceptors (Lipinski definition) is 3. The van der Waals surface area contributed by atoms with E-state index in [-0.39, 0.29) is 12.7 Å². The number of ether oxygens (including phenoxy) is 1. The molecule has 0 amide bonds. The third kappa shape index (κ3) is 3.21. The van der Waals surface area contributed by atoms with Crippen LogP contribution in [-0.4, -0.2) is 48.0 Å². The second-order valence-corrected chi connectivity index (χ2v) is 5.77. The van der Waals surface area contributed by atoms with E-state index in [0.717, 1.165) is 25.1 Å². The van der Waals surface area contributed by atoms with Gasteiger partial charge in [-0.1, -0.05) is 13.3 Å². The molecule has 1 aliphatic heterocycles. The molecule has 0 radical (unpaired) electrons. The van der Waals surface area contributed by atoms with E-state index in [1.165, 1.54) is 32.1 Å². The van der Waals surface area contributed by atoms with Gasteiger partial charge in [0.1, 0.15) is 0 Å². The molecule has 17 heavy (non-hydrogen) atoms. The molecule has 2 atom stereocenters. The summed E-state index contributed by atoms with van der Waals surface area (Å²) in [4.78, 5) is 2.58. The number of morpholine rings is 1. The fourth-order valence-electron chi connectivity index (χ4n) is 3.34. The highest BCUT2D eigenvalue weighted by molar-refractivity contribution is 4.86. The Labute approximate surface area is 105 Å². The van der Waals surface area contributed by atoms with Crippen molar-refractivity contribution in [3.8, 4) is 0 Å². The van der Waals surface area contributed by atoms with Crippen molar-refractivity contribution in [1.29, 1.82) is 0 Å². The highest BCUT2D eigenvalue weighted by Gasteiger charge is 2.32. The molecule has 1 heterocycles. The van der Waals surface area contributed by atoms with Crippen molar-refractivity contribution in [1.82, 2.24) is 4.90 Å². The topological polar surface area (TPSA) is 32.7 Å². The van der Waals surface area contributed by atoms with Crippen LogP contribution in [0.4, 0.5) is 0 Å². The van der Waals surface area contributed by atoms with Crippen molar-refractivity contribution in [2.75, 3.05) is 19.8 Å². The smallest absolute Gasteiger partial charge is 0.0933 e. The van der Waals surface area contributed by atoms with Gasteiger partial charge in [0.05, 0.1) is 19.3 Å². The maximum Gasteiger partial charge on any atom is 0.0933 e. The SMILES string of the molecule is CCC1CCC(N2CC(CO)OCC2C)CC1. The summed E-state index contributed by atoms with van der Waals surface area (Å²) in [6.45, 7) is 6.41. The molecule has 0 bridgehead atoms. The van der Waals surface area contributed by atoms with E-state index in [4.69, 9.17) is 4.74 Å². The van der Waals surface area contributed by atoms with E-state index in [0.29, 0.717) is 6.04 Å². The maximum absolute atomic E-state index is 9.22. The maximum atomic E-state index is 9.22. The summed E-state index contributed by atoms with van der Waals surface area (Å²) in [6, 6.07) is 1.24. The van der Waals surface area contributed by atoms with Gasteiger partial charge < -0.3 is 9.84 Å². The lowest BCUT2D eigenvalue weighted by Gasteiger charge is -2.44. The summed E-state index contributed by atoms with van der Waals surface area (Å²) < 4.78 is 5.61. The van der Waals surface area contributed by atoms with Crippen LogP contribution < -0.4 is 0 Å². The normalized spacial score (nSPS) is 40.4. The Morgan fingerprint density at radius 3 is 2.53 bits per heavy atom. The molecule has 2 unspecified atom stereocenters. The van der Waals surface area contributed by atoms with Crippen molar-refractivity contribution >= 4 is 0 Å². The predicted molar refractivity (Wildman–Crippen MR) is 69.0 cm³/mol. The van der Waals surface area contributed by atoms with E-state index in [9.17, 15) is 5.11 Å². The molecular weight excluding hydrogens is 214 g/mol. The third-order valence-corrected chi connectivity index (χ3v) is 4.62. The summed E-state index contributed by atoms with van der Waals surface area (Å²) in [7, 11) is 0. The Morgan fingerprint density at radius 1 is 1.24 bits per heavy atom. The van der Waals surface area contributed by atoms with Crippen LogP contribution in [-0.2, 0) is 4.74 Å². The number of rotatable bonds is 3. The molecule has 3 heteroatoms. The van der Waals surface area contributed by atoms with E-state index in [1.54, 1.807) is 0 Å². The highest BCUT2D eigenvalue weighted by atomic mass is 16.5. The summed E-state index contributed by atoms with van der Waals surface area (Å²) >= 11 is 0. The zero-order chi connectivity index (χ0) is 12.3. The number of aliphatic hydroxyl groups is 1. The standard InChI is InChI=1S/C14H27NO2/c1-3-12-4-6-13(7-5-12)15-8-14(9-16)17-10-11(15)2/h11-14,16H,3-10H2,1-2H3. The second-order valence-electron chi connectivity index (χ2n) is 5.77. The van der Waals surface area contributed by atoms with Gasteiger partial charge in [0, 0.05) is 18.6 Å². The van der Waals surface area contributed by atoms with Gasteiger partial charge in [0.15, 0.2) is 0 Å². The van der Waals surface area contributed by atoms with Crippen molar-refractivity contribution in [3.05, 3.63) is 0 Å². The van der Waals surface area contributed by atoms with E-state index < -0.39 is 0 Å². The first kappa shape index (κ1) is 13.3. The first-order valence-corrected chi connectivity index (χ1v) is 7.22. The molecule has 3 nitrogen and oxygen atoms in total. The molecule has 1 aliphatic carbocycles. The first-order chi connectivity index (χ1) is 8.24. The Balaban J connectivity index is 1.87. The predicted octanol–water partition coefficient (Wildman–Crippen LogP) is 2.04. The second kappa shape index (κ2) is 6.17.